The normalized spacial score (nSPS) is 10.3. The summed E-state index contributed by atoms with van der Waals surface area (Å²) in [7, 11) is 2.03. The van der Waals surface area contributed by atoms with Gasteiger partial charge in [-0.25, -0.2) is 0 Å². The van der Waals surface area contributed by atoms with E-state index in [1.807, 2.05) is 36.3 Å². The van der Waals surface area contributed by atoms with Crippen molar-refractivity contribution in [3.63, 3.8) is 0 Å². The molecule has 0 aliphatic carbocycles. The standard InChI is InChI=1S/C12H15N3/c1-10-3-5-13-8-12(10)14-7-11-4-6-15(2)9-11/h3-6,8-9,14H,7H2,1-2H3. The maximum atomic E-state index is 4.10. The van der Waals surface area contributed by atoms with Crippen molar-refractivity contribution >= 4 is 5.69 Å². The summed E-state index contributed by atoms with van der Waals surface area (Å²) < 4.78 is 2.05. The first-order chi connectivity index (χ1) is 7.25. The zero-order valence-corrected chi connectivity index (χ0v) is 9.07. The first kappa shape index (κ1) is 9.77. The van der Waals surface area contributed by atoms with Gasteiger partial charge in [-0.15, -0.1) is 0 Å². The van der Waals surface area contributed by atoms with Gasteiger partial charge in [-0.2, -0.15) is 0 Å². The average Bonchev–Trinajstić information content (AvgIpc) is 2.63. The first-order valence-electron chi connectivity index (χ1n) is 5.01. The molecule has 0 atom stereocenters. The number of hydrogen-bond acceptors (Lipinski definition) is 2. The molecule has 2 aromatic rings. The maximum Gasteiger partial charge on any atom is 0.0559 e. The molecule has 0 unspecified atom stereocenters. The number of hydrogen-bond donors (Lipinski definition) is 1. The third kappa shape index (κ3) is 2.37. The predicted molar refractivity (Wildman–Crippen MR) is 61.7 cm³/mol. The van der Waals surface area contributed by atoms with E-state index in [2.05, 4.69) is 29.5 Å². The lowest BCUT2D eigenvalue weighted by Gasteiger charge is -2.07. The largest absolute Gasteiger partial charge is 0.379 e. The van der Waals surface area contributed by atoms with Crippen molar-refractivity contribution in [2.75, 3.05) is 5.32 Å². The van der Waals surface area contributed by atoms with Crippen LogP contribution < -0.4 is 5.32 Å². The van der Waals surface area contributed by atoms with E-state index in [-0.39, 0.29) is 0 Å². The van der Waals surface area contributed by atoms with Crippen LogP contribution in [0.15, 0.2) is 36.9 Å². The van der Waals surface area contributed by atoms with E-state index in [0.29, 0.717) is 0 Å². The average molecular weight is 201 g/mol. The van der Waals surface area contributed by atoms with Gasteiger partial charge in [0.2, 0.25) is 0 Å². The molecular weight excluding hydrogens is 186 g/mol. The molecule has 3 heteroatoms. The molecular formula is C12H15N3. The summed E-state index contributed by atoms with van der Waals surface area (Å²) in [5.74, 6) is 0. The van der Waals surface area contributed by atoms with Crippen LogP contribution in [-0.2, 0) is 13.6 Å². The molecule has 0 aliphatic heterocycles. The Morgan fingerprint density at radius 2 is 2.27 bits per heavy atom. The van der Waals surface area contributed by atoms with E-state index in [4.69, 9.17) is 0 Å². The molecule has 3 nitrogen and oxygen atoms in total. The van der Waals surface area contributed by atoms with Crippen LogP contribution in [0.25, 0.3) is 0 Å². The zero-order valence-electron chi connectivity index (χ0n) is 9.07. The minimum absolute atomic E-state index is 0.841. The van der Waals surface area contributed by atoms with Crippen LogP contribution in [0.2, 0.25) is 0 Å². The van der Waals surface area contributed by atoms with Crippen LogP contribution in [0.5, 0.6) is 0 Å². The number of rotatable bonds is 3. The minimum Gasteiger partial charge on any atom is -0.379 e. The Hall–Kier alpha value is -1.77. The number of aromatic nitrogens is 2. The van der Waals surface area contributed by atoms with Gasteiger partial charge in [-0.3, -0.25) is 4.98 Å². The molecule has 2 aromatic heterocycles. The van der Waals surface area contributed by atoms with Gasteiger partial charge in [0.05, 0.1) is 11.9 Å². The van der Waals surface area contributed by atoms with Crippen molar-refractivity contribution in [2.24, 2.45) is 7.05 Å². The smallest absolute Gasteiger partial charge is 0.0559 e. The van der Waals surface area contributed by atoms with Gasteiger partial charge in [0.25, 0.3) is 0 Å². The topological polar surface area (TPSA) is 29.9 Å². The molecule has 0 saturated heterocycles. The summed E-state index contributed by atoms with van der Waals surface area (Å²) in [6.07, 6.45) is 7.83. The quantitative estimate of drug-likeness (QED) is 0.826. The first-order valence-corrected chi connectivity index (χ1v) is 5.01. The Morgan fingerprint density at radius 1 is 1.40 bits per heavy atom. The Labute approximate surface area is 89.8 Å². The number of nitrogens with zero attached hydrogens (tertiary/aromatic N) is 2. The van der Waals surface area contributed by atoms with Crippen molar-refractivity contribution in [3.8, 4) is 0 Å². The lowest BCUT2D eigenvalue weighted by Crippen LogP contribution is -2.00. The van der Waals surface area contributed by atoms with E-state index >= 15 is 0 Å². The van der Waals surface area contributed by atoms with Crippen molar-refractivity contribution < 1.29 is 0 Å². The minimum atomic E-state index is 0.841. The number of aryl methyl sites for hydroxylation is 2. The van der Waals surface area contributed by atoms with Gasteiger partial charge in [-0.1, -0.05) is 0 Å². The van der Waals surface area contributed by atoms with E-state index in [9.17, 15) is 0 Å². The highest BCUT2D eigenvalue weighted by Crippen LogP contribution is 2.12. The van der Waals surface area contributed by atoms with Crippen LogP contribution in [-0.4, -0.2) is 9.55 Å². The van der Waals surface area contributed by atoms with Crippen LogP contribution in [0, 0.1) is 6.92 Å². The van der Waals surface area contributed by atoms with Gasteiger partial charge in [0.15, 0.2) is 0 Å². The van der Waals surface area contributed by atoms with Crippen molar-refractivity contribution in [1.29, 1.82) is 0 Å². The summed E-state index contributed by atoms with van der Waals surface area (Å²) in [5, 5.41) is 3.37. The molecule has 2 heterocycles. The predicted octanol–water partition coefficient (Wildman–Crippen LogP) is 2.34. The molecule has 78 valence electrons. The fraction of sp³-hybridized carbons (Fsp3) is 0.250. The van der Waals surface area contributed by atoms with Gasteiger partial charge in [-0.05, 0) is 30.2 Å². The maximum absolute atomic E-state index is 4.10. The Balaban J connectivity index is 2.02. The highest BCUT2D eigenvalue weighted by Gasteiger charge is 1.98. The molecule has 0 saturated carbocycles. The van der Waals surface area contributed by atoms with E-state index < -0.39 is 0 Å². The molecule has 0 bridgehead atoms. The third-order valence-corrected chi connectivity index (χ3v) is 2.42. The fourth-order valence-corrected chi connectivity index (χ4v) is 1.51. The van der Waals surface area contributed by atoms with Crippen LogP contribution in [0.1, 0.15) is 11.1 Å². The summed E-state index contributed by atoms with van der Waals surface area (Å²) in [6.45, 7) is 2.92. The second kappa shape index (κ2) is 4.17. The van der Waals surface area contributed by atoms with Gasteiger partial charge in [0, 0.05) is 32.2 Å². The SMILES string of the molecule is Cc1ccncc1NCc1ccn(C)c1. The third-order valence-electron chi connectivity index (χ3n) is 2.42. The summed E-state index contributed by atoms with van der Waals surface area (Å²) in [4.78, 5) is 4.10. The fourth-order valence-electron chi connectivity index (χ4n) is 1.51. The van der Waals surface area contributed by atoms with Crippen LogP contribution in [0.3, 0.4) is 0 Å². The molecule has 2 rings (SSSR count). The highest BCUT2D eigenvalue weighted by molar-refractivity contribution is 5.48. The Kier molecular flexibility index (Phi) is 2.72. The zero-order chi connectivity index (χ0) is 10.7. The molecule has 0 aliphatic rings. The van der Waals surface area contributed by atoms with Gasteiger partial charge < -0.3 is 9.88 Å². The summed E-state index contributed by atoms with van der Waals surface area (Å²) >= 11 is 0. The van der Waals surface area contributed by atoms with Gasteiger partial charge in [0.1, 0.15) is 0 Å². The monoisotopic (exact) mass is 201 g/mol. The number of pyridine rings is 1. The van der Waals surface area contributed by atoms with Crippen LogP contribution >= 0.6 is 0 Å². The second-order valence-electron chi connectivity index (χ2n) is 3.73. The van der Waals surface area contributed by atoms with E-state index in [0.717, 1.165) is 12.2 Å². The molecule has 0 fully saturated rings. The van der Waals surface area contributed by atoms with Gasteiger partial charge >= 0.3 is 0 Å². The number of anilines is 1. The van der Waals surface area contributed by atoms with E-state index in [1.54, 1.807) is 0 Å². The lowest BCUT2D eigenvalue weighted by atomic mass is 10.2. The molecule has 1 N–H and O–H groups in total. The summed E-state index contributed by atoms with van der Waals surface area (Å²) in [6, 6.07) is 4.12. The Bertz CT molecular complexity index is 446. The molecule has 0 spiro atoms. The molecule has 0 radical (unpaired) electrons. The number of nitrogens with one attached hydrogen (secondary N) is 1. The van der Waals surface area contributed by atoms with Crippen LogP contribution in [0.4, 0.5) is 5.69 Å². The highest BCUT2D eigenvalue weighted by atomic mass is 14.9. The summed E-state index contributed by atoms with van der Waals surface area (Å²) in [5.41, 5.74) is 3.60. The van der Waals surface area contributed by atoms with Crippen molar-refractivity contribution in [1.82, 2.24) is 9.55 Å². The van der Waals surface area contributed by atoms with E-state index in [1.165, 1.54) is 11.1 Å². The molecule has 0 amide bonds. The second-order valence-corrected chi connectivity index (χ2v) is 3.73. The lowest BCUT2D eigenvalue weighted by molar-refractivity contribution is 0.920. The van der Waals surface area contributed by atoms with Crippen molar-refractivity contribution in [3.05, 3.63) is 48.0 Å². The molecule has 15 heavy (non-hydrogen) atoms. The van der Waals surface area contributed by atoms with Crippen molar-refractivity contribution in [2.45, 2.75) is 13.5 Å². The Morgan fingerprint density at radius 3 is 2.93 bits per heavy atom. The molecule has 0 aromatic carbocycles.